The molecule has 2 aromatic rings. The number of furan rings is 1. The Morgan fingerprint density at radius 1 is 1.58 bits per heavy atom. The van der Waals surface area contributed by atoms with Crippen molar-refractivity contribution < 1.29 is 9.21 Å². The van der Waals surface area contributed by atoms with Crippen LogP contribution in [0.25, 0.3) is 0 Å². The van der Waals surface area contributed by atoms with Gasteiger partial charge in [-0.25, -0.2) is 9.78 Å². The Morgan fingerprint density at radius 2 is 2.42 bits per heavy atom. The van der Waals surface area contributed by atoms with E-state index in [0.29, 0.717) is 18.8 Å². The number of urea groups is 1. The van der Waals surface area contributed by atoms with Crippen molar-refractivity contribution in [3.8, 4) is 0 Å². The predicted octanol–water partition coefficient (Wildman–Crippen LogP) is 0.838. The topological polar surface area (TPSA) is 85.0 Å². The van der Waals surface area contributed by atoms with Crippen molar-refractivity contribution in [1.82, 2.24) is 25.4 Å². The Morgan fingerprint density at radius 3 is 3.05 bits per heavy atom. The second-order valence-electron chi connectivity index (χ2n) is 4.31. The van der Waals surface area contributed by atoms with Crippen molar-refractivity contribution in [3.05, 3.63) is 36.3 Å². The van der Waals surface area contributed by atoms with E-state index in [1.54, 1.807) is 18.0 Å². The summed E-state index contributed by atoms with van der Waals surface area (Å²) in [6.07, 6.45) is 3.73. The molecule has 2 N–H and O–H groups in total. The minimum absolute atomic E-state index is 0.00866. The number of amides is 2. The van der Waals surface area contributed by atoms with Crippen molar-refractivity contribution >= 4 is 6.03 Å². The normalized spacial score (nSPS) is 12.1. The molecule has 0 aliphatic rings. The first-order valence-electron chi connectivity index (χ1n) is 6.05. The standard InChI is InChI=1S/C12H17N5O2/c1-9(6-10-4-3-5-19-10)16-12(18)13-7-11-14-8-15-17(11)2/h3-5,8-9H,6-7H2,1-2H3,(H2,13,16,18). The highest BCUT2D eigenvalue weighted by atomic mass is 16.3. The number of nitrogens with zero attached hydrogens (tertiary/aromatic N) is 3. The highest BCUT2D eigenvalue weighted by Crippen LogP contribution is 2.03. The van der Waals surface area contributed by atoms with Crippen molar-refractivity contribution in [2.45, 2.75) is 25.9 Å². The van der Waals surface area contributed by atoms with E-state index in [0.717, 1.165) is 5.76 Å². The first kappa shape index (κ1) is 13.1. The van der Waals surface area contributed by atoms with Crippen LogP contribution in [0.15, 0.2) is 29.1 Å². The van der Waals surface area contributed by atoms with E-state index in [4.69, 9.17) is 4.42 Å². The molecule has 0 spiro atoms. The number of carbonyl (C=O) groups excluding carboxylic acids is 1. The molecule has 102 valence electrons. The maximum Gasteiger partial charge on any atom is 0.315 e. The molecule has 0 aliphatic heterocycles. The van der Waals surface area contributed by atoms with Gasteiger partial charge >= 0.3 is 6.03 Å². The van der Waals surface area contributed by atoms with Gasteiger partial charge < -0.3 is 15.1 Å². The lowest BCUT2D eigenvalue weighted by Crippen LogP contribution is -2.41. The first-order valence-corrected chi connectivity index (χ1v) is 6.05. The highest BCUT2D eigenvalue weighted by molar-refractivity contribution is 5.74. The van der Waals surface area contributed by atoms with Gasteiger partial charge in [0.1, 0.15) is 17.9 Å². The highest BCUT2D eigenvalue weighted by Gasteiger charge is 2.10. The number of nitrogens with one attached hydrogen (secondary N) is 2. The molecule has 0 saturated carbocycles. The van der Waals surface area contributed by atoms with Gasteiger partial charge in [0.05, 0.1) is 12.8 Å². The first-order chi connectivity index (χ1) is 9.15. The third kappa shape index (κ3) is 3.84. The number of carbonyl (C=O) groups is 1. The zero-order valence-electron chi connectivity index (χ0n) is 11.0. The molecule has 7 nitrogen and oxygen atoms in total. The Kier molecular flexibility index (Phi) is 4.17. The largest absolute Gasteiger partial charge is 0.469 e. The lowest BCUT2D eigenvalue weighted by Gasteiger charge is -2.13. The summed E-state index contributed by atoms with van der Waals surface area (Å²) in [6.45, 7) is 2.26. The molecule has 0 aromatic carbocycles. The van der Waals surface area contributed by atoms with Gasteiger partial charge in [-0.1, -0.05) is 0 Å². The van der Waals surface area contributed by atoms with Gasteiger partial charge in [-0.15, -0.1) is 0 Å². The van der Waals surface area contributed by atoms with Crippen LogP contribution in [-0.4, -0.2) is 26.8 Å². The summed E-state index contributed by atoms with van der Waals surface area (Å²) in [6, 6.07) is 3.47. The Balaban J connectivity index is 1.73. The fourth-order valence-electron chi connectivity index (χ4n) is 1.70. The molecular weight excluding hydrogens is 246 g/mol. The predicted molar refractivity (Wildman–Crippen MR) is 68.2 cm³/mol. The second-order valence-corrected chi connectivity index (χ2v) is 4.31. The molecule has 2 heterocycles. The quantitative estimate of drug-likeness (QED) is 0.837. The third-order valence-corrected chi connectivity index (χ3v) is 2.68. The van der Waals surface area contributed by atoms with Gasteiger partial charge in [-0.3, -0.25) is 4.68 Å². The Hall–Kier alpha value is -2.31. The summed E-state index contributed by atoms with van der Waals surface area (Å²) < 4.78 is 6.84. The molecule has 2 amide bonds. The van der Waals surface area contributed by atoms with Crippen LogP contribution < -0.4 is 10.6 Å². The molecule has 19 heavy (non-hydrogen) atoms. The zero-order valence-corrected chi connectivity index (χ0v) is 11.0. The van der Waals surface area contributed by atoms with Crippen molar-refractivity contribution in [1.29, 1.82) is 0 Å². The van der Waals surface area contributed by atoms with Gasteiger partial charge in [0.25, 0.3) is 0 Å². The average Bonchev–Trinajstić information content (AvgIpc) is 2.98. The molecule has 2 rings (SSSR count). The molecule has 0 bridgehead atoms. The van der Waals surface area contributed by atoms with E-state index < -0.39 is 0 Å². The van der Waals surface area contributed by atoms with Gasteiger partial charge in [-0.05, 0) is 19.1 Å². The van der Waals surface area contributed by atoms with Crippen molar-refractivity contribution in [2.75, 3.05) is 0 Å². The molecule has 1 unspecified atom stereocenters. The molecule has 0 radical (unpaired) electrons. The van der Waals surface area contributed by atoms with Crippen LogP contribution in [-0.2, 0) is 20.0 Å². The number of hydrogen-bond donors (Lipinski definition) is 2. The summed E-state index contributed by atoms with van der Waals surface area (Å²) in [5.74, 6) is 1.55. The van der Waals surface area contributed by atoms with Gasteiger partial charge in [0.2, 0.25) is 0 Å². The summed E-state index contributed by atoms with van der Waals surface area (Å²) in [4.78, 5) is 15.7. The van der Waals surface area contributed by atoms with Crippen LogP contribution in [0, 0.1) is 0 Å². The Labute approximate surface area is 111 Å². The van der Waals surface area contributed by atoms with Crippen LogP contribution in [0.2, 0.25) is 0 Å². The molecule has 7 heteroatoms. The number of rotatable bonds is 5. The van der Waals surface area contributed by atoms with E-state index >= 15 is 0 Å². The minimum atomic E-state index is -0.234. The Bertz CT molecular complexity index is 520. The molecule has 2 aromatic heterocycles. The van der Waals surface area contributed by atoms with E-state index in [2.05, 4.69) is 20.7 Å². The fraction of sp³-hybridized carbons (Fsp3) is 0.417. The van der Waals surface area contributed by atoms with E-state index in [1.807, 2.05) is 19.1 Å². The minimum Gasteiger partial charge on any atom is -0.469 e. The molecule has 0 saturated heterocycles. The molecule has 0 aliphatic carbocycles. The molecule has 1 atom stereocenters. The van der Waals surface area contributed by atoms with Crippen molar-refractivity contribution in [2.24, 2.45) is 7.05 Å². The van der Waals surface area contributed by atoms with Crippen LogP contribution >= 0.6 is 0 Å². The van der Waals surface area contributed by atoms with E-state index in [1.165, 1.54) is 6.33 Å². The molecule has 0 fully saturated rings. The fourth-order valence-corrected chi connectivity index (χ4v) is 1.70. The summed E-state index contributed by atoms with van der Waals surface area (Å²) >= 11 is 0. The van der Waals surface area contributed by atoms with Crippen LogP contribution in [0.1, 0.15) is 18.5 Å². The third-order valence-electron chi connectivity index (χ3n) is 2.68. The second kappa shape index (κ2) is 6.03. The summed E-state index contributed by atoms with van der Waals surface area (Å²) in [5.41, 5.74) is 0. The zero-order chi connectivity index (χ0) is 13.7. The van der Waals surface area contributed by atoms with Crippen LogP contribution in [0.4, 0.5) is 4.79 Å². The maximum atomic E-state index is 11.7. The van der Waals surface area contributed by atoms with Gasteiger partial charge in [0.15, 0.2) is 0 Å². The number of hydrogen-bond acceptors (Lipinski definition) is 4. The average molecular weight is 263 g/mol. The maximum absolute atomic E-state index is 11.7. The summed E-state index contributed by atoms with van der Waals surface area (Å²) in [5, 5.41) is 9.49. The van der Waals surface area contributed by atoms with Crippen LogP contribution in [0.3, 0.4) is 0 Å². The SMILES string of the molecule is CC(Cc1ccco1)NC(=O)NCc1ncnn1C. The number of aryl methyl sites for hydroxylation is 1. The smallest absolute Gasteiger partial charge is 0.315 e. The van der Waals surface area contributed by atoms with E-state index in [9.17, 15) is 4.79 Å². The van der Waals surface area contributed by atoms with Crippen LogP contribution in [0.5, 0.6) is 0 Å². The molecular formula is C12H17N5O2. The lowest BCUT2D eigenvalue weighted by atomic mass is 10.2. The van der Waals surface area contributed by atoms with E-state index in [-0.39, 0.29) is 12.1 Å². The van der Waals surface area contributed by atoms with Crippen molar-refractivity contribution in [3.63, 3.8) is 0 Å². The number of aromatic nitrogens is 3. The summed E-state index contributed by atoms with van der Waals surface area (Å²) in [7, 11) is 1.78. The van der Waals surface area contributed by atoms with Gasteiger partial charge in [0, 0.05) is 19.5 Å². The monoisotopic (exact) mass is 263 g/mol. The van der Waals surface area contributed by atoms with Gasteiger partial charge in [-0.2, -0.15) is 5.10 Å². The lowest BCUT2D eigenvalue weighted by molar-refractivity contribution is 0.236.